The number of ether oxygens (including phenoxy) is 12. The Morgan fingerprint density at radius 1 is 0.292 bits per heavy atom. The van der Waals surface area contributed by atoms with Crippen LogP contribution >= 0.6 is 0 Å². The monoisotopic (exact) mass is 1460 g/mol. The molecule has 14 heteroatoms. The number of rotatable bonds is 44. The molecule has 106 heavy (non-hydrogen) atoms. The Balaban J connectivity index is 1.08. The molecule has 6 aromatic carbocycles. The third-order valence-electron chi connectivity index (χ3n) is 21.2. The number of unbranched alkanes of at least 4 members (excludes halogenated alkanes) is 18. The molecule has 0 aromatic heterocycles. The highest BCUT2D eigenvalue weighted by molar-refractivity contribution is 5.73. The predicted octanol–water partition coefficient (Wildman–Crippen LogP) is 20.8. The number of hydrogen-bond donors (Lipinski definition) is 0. The van der Waals surface area contributed by atoms with Crippen LogP contribution in [0.15, 0.2) is 182 Å². The first kappa shape index (κ1) is 83.9. The van der Waals surface area contributed by atoms with Gasteiger partial charge in [-0.2, -0.15) is 0 Å². The van der Waals surface area contributed by atoms with Crippen molar-refractivity contribution >= 4 is 11.9 Å². The lowest BCUT2D eigenvalue weighted by molar-refractivity contribution is -0.341. The zero-order chi connectivity index (χ0) is 74.2. The van der Waals surface area contributed by atoms with Crippen molar-refractivity contribution in [3.05, 3.63) is 215 Å². The topological polar surface area (TPSA) is 145 Å². The van der Waals surface area contributed by atoms with Crippen molar-refractivity contribution in [1.82, 2.24) is 0 Å². The van der Waals surface area contributed by atoms with Gasteiger partial charge in [-0.25, -0.2) is 0 Å². The summed E-state index contributed by atoms with van der Waals surface area (Å²) < 4.78 is 85.7. The molecule has 0 amide bonds. The van der Waals surface area contributed by atoms with Crippen LogP contribution in [0.4, 0.5) is 0 Å². The molecule has 0 N–H and O–H groups in total. The second-order valence-corrected chi connectivity index (χ2v) is 30.9. The van der Waals surface area contributed by atoms with Crippen molar-refractivity contribution in [2.24, 2.45) is 23.7 Å². The van der Waals surface area contributed by atoms with Gasteiger partial charge in [0.2, 0.25) is 0 Å². The van der Waals surface area contributed by atoms with Crippen LogP contribution in [0.5, 0.6) is 0 Å². The molecular weight excluding hydrogens is 1330 g/mol. The van der Waals surface area contributed by atoms with E-state index in [4.69, 9.17) is 56.8 Å². The van der Waals surface area contributed by atoms with Crippen LogP contribution in [0.1, 0.15) is 229 Å². The van der Waals surface area contributed by atoms with Crippen LogP contribution in [0.3, 0.4) is 0 Å². The van der Waals surface area contributed by atoms with Crippen molar-refractivity contribution in [3.63, 3.8) is 0 Å². The number of esters is 2. The molecule has 3 aliphatic heterocycles. The van der Waals surface area contributed by atoms with Crippen molar-refractivity contribution in [2.75, 3.05) is 13.2 Å². The number of hydrogen-bond acceptors (Lipinski definition) is 14. The number of cyclic esters (lactones) is 2. The van der Waals surface area contributed by atoms with Crippen LogP contribution in [0.2, 0.25) is 0 Å². The van der Waals surface area contributed by atoms with Crippen molar-refractivity contribution in [3.8, 4) is 0 Å². The Labute approximate surface area is 636 Å². The minimum absolute atomic E-state index is 0.187. The average Bonchev–Trinajstić information content (AvgIpc) is 0.786. The van der Waals surface area contributed by atoms with Gasteiger partial charge in [0, 0.05) is 0 Å². The first-order chi connectivity index (χ1) is 51.9. The maximum Gasteiger partial charge on any atom is 0.311 e. The van der Waals surface area contributed by atoms with Gasteiger partial charge in [-0.15, -0.1) is 0 Å². The Morgan fingerprint density at radius 3 is 0.774 bits per heavy atom. The molecule has 3 fully saturated rings. The van der Waals surface area contributed by atoms with Gasteiger partial charge in [0.1, 0.15) is 62.0 Å². The second-order valence-electron chi connectivity index (χ2n) is 30.9. The fraction of sp³-hybridized carbons (Fsp3) is 0.587. The van der Waals surface area contributed by atoms with Crippen molar-refractivity contribution < 1.29 is 66.4 Å². The third-order valence-corrected chi connectivity index (χ3v) is 21.2. The van der Waals surface area contributed by atoms with Crippen LogP contribution in [-0.4, -0.2) is 98.8 Å². The highest BCUT2D eigenvalue weighted by Crippen LogP contribution is 2.38. The van der Waals surface area contributed by atoms with E-state index in [0.29, 0.717) is 12.8 Å². The van der Waals surface area contributed by atoms with E-state index in [1.807, 2.05) is 196 Å². The number of carbonyl (C=O) groups excluding carboxylic acids is 2. The third kappa shape index (κ3) is 29.7. The van der Waals surface area contributed by atoms with Gasteiger partial charge >= 0.3 is 11.9 Å². The zero-order valence-corrected chi connectivity index (χ0v) is 64.9. The van der Waals surface area contributed by atoms with Gasteiger partial charge in [-0.05, 0) is 71.9 Å². The molecule has 0 radical (unpaired) electrons. The molecule has 0 unspecified atom stereocenters. The van der Waals surface area contributed by atoms with Gasteiger partial charge in [-0.3, -0.25) is 9.59 Å². The van der Waals surface area contributed by atoms with Crippen LogP contribution in [0, 0.1) is 23.7 Å². The molecule has 0 saturated carbocycles. The highest BCUT2D eigenvalue weighted by Gasteiger charge is 2.53. The standard InChI is InChI=1S/C92H128O14/c1-69(2)45-29-19-15-11-7-9-13-17-21-43-59-79-71(5)89(93)101-67-82-84(96-62-74-49-33-24-34-50-74)86(98-64-76-53-37-26-38-54-76)88(100-66-78-57-41-28-42-58-78)92(106-82)104-80(60-44-22-18-14-10-8-12-16-20-30-46-70(3)4)72(6)90(94)102-68-81-83(95-61-73-47-31-23-32-48-73)85(97-63-75-51-35-25-36-52-75)87(91(103-79)105-81)99-65-77-55-39-27-40-56-77/h23-28,31-42,47-58,69-72,79-88,91-92H,7-22,29-30,43-46,59-68H2,1-6H3/t71-,72-,79-,80-,81-,82-,83-,84-,85+,86+,87-,88-,91-,92-/m1/s1. The second kappa shape index (κ2) is 48.4. The molecule has 0 aliphatic carbocycles. The lowest BCUT2D eigenvalue weighted by Gasteiger charge is -2.47. The summed E-state index contributed by atoms with van der Waals surface area (Å²) in [4.78, 5) is 31.1. The Bertz CT molecular complexity index is 3020. The van der Waals surface area contributed by atoms with E-state index in [1.54, 1.807) is 0 Å². The average molecular weight is 1460 g/mol. The summed E-state index contributed by atoms with van der Waals surface area (Å²) in [7, 11) is 0. The molecule has 6 aromatic rings. The van der Waals surface area contributed by atoms with Crippen LogP contribution in [-0.2, 0) is 106 Å². The molecule has 14 nitrogen and oxygen atoms in total. The minimum atomic E-state index is -1.15. The van der Waals surface area contributed by atoms with E-state index in [-0.39, 0.29) is 52.9 Å². The van der Waals surface area contributed by atoms with E-state index in [2.05, 4.69) is 27.7 Å². The Kier molecular flexibility index (Phi) is 38.3. The van der Waals surface area contributed by atoms with Crippen molar-refractivity contribution in [2.45, 2.75) is 309 Å². The van der Waals surface area contributed by atoms with Gasteiger partial charge in [0.05, 0.1) is 63.7 Å². The summed E-state index contributed by atoms with van der Waals surface area (Å²) in [6.45, 7) is 13.7. The molecule has 3 heterocycles. The normalized spacial score (nSPS) is 24.7. The Hall–Kier alpha value is -6.14. The largest absolute Gasteiger partial charge is 0.463 e. The molecule has 3 aliphatic rings. The van der Waals surface area contributed by atoms with Gasteiger partial charge in [0.15, 0.2) is 12.6 Å². The van der Waals surface area contributed by atoms with E-state index in [1.165, 1.54) is 89.9 Å². The van der Waals surface area contributed by atoms with E-state index in [9.17, 15) is 0 Å². The molecule has 580 valence electrons. The van der Waals surface area contributed by atoms with Gasteiger partial charge < -0.3 is 56.8 Å². The summed E-state index contributed by atoms with van der Waals surface area (Å²) in [5, 5.41) is 0. The van der Waals surface area contributed by atoms with Gasteiger partial charge in [0.25, 0.3) is 0 Å². The molecule has 0 spiro atoms. The van der Waals surface area contributed by atoms with E-state index < -0.39 is 97.4 Å². The van der Waals surface area contributed by atoms with Crippen molar-refractivity contribution in [1.29, 1.82) is 0 Å². The lowest BCUT2D eigenvalue weighted by atomic mass is 9.95. The molecule has 4 bridgehead atoms. The predicted molar refractivity (Wildman–Crippen MR) is 418 cm³/mol. The first-order valence-electron chi connectivity index (χ1n) is 40.8. The summed E-state index contributed by atoms with van der Waals surface area (Å²) in [6, 6.07) is 60.1. The first-order valence-corrected chi connectivity index (χ1v) is 40.8. The molecular formula is C92H128O14. The molecule has 14 atom stereocenters. The van der Waals surface area contributed by atoms with Crippen LogP contribution < -0.4 is 0 Å². The summed E-state index contributed by atoms with van der Waals surface area (Å²) in [5.41, 5.74) is 5.64. The number of fused-ring (bicyclic) bond motifs is 4. The summed E-state index contributed by atoms with van der Waals surface area (Å²) in [5.74, 6) is -1.14. The SMILES string of the molecule is CC(C)CCCCCCCCCCCC[C@H]1O[C@@H]2O[C@H](COC(=O)[C@H](C)[C@@H](CCCCCCCCCCCCC(C)C)O[C@@H]3O[C@H](COC(=O)[C@@H]1C)[C@@H](OCc1ccccc1)[C@H](OCc1ccccc1)[C@H]3OCc1ccccc1)[C@@H](OCc1ccccc1)[C@H](OCc1ccccc1)[C@H]2OCc1ccccc1. The fourth-order valence-electron chi connectivity index (χ4n) is 14.7. The fourth-order valence-corrected chi connectivity index (χ4v) is 14.7. The molecule has 9 rings (SSSR count). The van der Waals surface area contributed by atoms with Gasteiger partial charge in [-0.1, -0.05) is 351 Å². The maximum atomic E-state index is 15.6. The smallest absolute Gasteiger partial charge is 0.311 e. The summed E-state index contributed by atoms with van der Waals surface area (Å²) >= 11 is 0. The quantitative estimate of drug-likeness (QED) is 0.0264. The summed E-state index contributed by atoms with van der Waals surface area (Å²) in [6.07, 6.45) is 15.6. The number of carbonyl (C=O) groups is 2. The highest BCUT2D eigenvalue weighted by atomic mass is 16.7. The lowest BCUT2D eigenvalue weighted by Crippen LogP contribution is -2.63. The molecule has 3 saturated heterocycles. The maximum absolute atomic E-state index is 15.6. The number of benzene rings is 6. The van der Waals surface area contributed by atoms with Crippen LogP contribution in [0.25, 0.3) is 0 Å². The Morgan fingerprint density at radius 2 is 0.519 bits per heavy atom. The van der Waals surface area contributed by atoms with E-state index >= 15 is 9.59 Å². The minimum Gasteiger partial charge on any atom is -0.463 e. The van der Waals surface area contributed by atoms with E-state index in [0.717, 1.165) is 96.6 Å². The zero-order valence-electron chi connectivity index (χ0n) is 64.9.